The van der Waals surface area contributed by atoms with Crippen LogP contribution in [-0.4, -0.2) is 31.4 Å². The number of hydrogen-bond donors (Lipinski definition) is 2. The van der Waals surface area contributed by atoms with Gasteiger partial charge in [-0.1, -0.05) is 18.2 Å². The zero-order valence-electron chi connectivity index (χ0n) is 13.8. The topological polar surface area (TPSA) is 76.7 Å². The number of alkyl halides is 3. The summed E-state index contributed by atoms with van der Waals surface area (Å²) in [5.74, 6) is -0.649. The zero-order chi connectivity index (χ0) is 18.4. The fraction of sp³-hybridized carbons (Fsp3) is 0.412. The van der Waals surface area contributed by atoms with Crippen LogP contribution in [0.2, 0.25) is 0 Å². The Hall–Kier alpha value is -2.35. The van der Waals surface area contributed by atoms with Gasteiger partial charge in [-0.25, -0.2) is 4.79 Å². The van der Waals surface area contributed by atoms with Crippen LogP contribution in [0.3, 0.4) is 0 Å². The van der Waals surface area contributed by atoms with Crippen molar-refractivity contribution in [1.82, 2.24) is 5.32 Å². The Balaban J connectivity index is 2.30. The van der Waals surface area contributed by atoms with Crippen molar-refractivity contribution in [1.29, 1.82) is 0 Å². The number of rotatable bonds is 4. The predicted molar refractivity (Wildman–Crippen MR) is 87.9 cm³/mol. The fourth-order valence-corrected chi connectivity index (χ4v) is 2.55. The molecule has 0 aliphatic carbocycles. The minimum absolute atomic E-state index is 0.0584. The van der Waals surface area contributed by atoms with Crippen molar-refractivity contribution in [3.05, 3.63) is 46.7 Å². The summed E-state index contributed by atoms with van der Waals surface area (Å²) in [7, 11) is 0. The molecule has 0 bridgehead atoms. The van der Waals surface area contributed by atoms with Crippen molar-refractivity contribution in [3.8, 4) is 0 Å². The van der Waals surface area contributed by atoms with Gasteiger partial charge in [-0.05, 0) is 18.6 Å². The number of piperidine rings is 1. The van der Waals surface area contributed by atoms with E-state index in [9.17, 15) is 18.0 Å². The largest absolute Gasteiger partial charge is 0.461 e. The molecule has 0 radical (unpaired) electrons. The van der Waals surface area contributed by atoms with Crippen LogP contribution in [0.4, 0.5) is 13.2 Å². The van der Waals surface area contributed by atoms with Gasteiger partial charge in [0.25, 0.3) is 0 Å². The minimum atomic E-state index is -4.44. The zero-order valence-corrected chi connectivity index (χ0v) is 13.8. The molecular formula is C17H20F3N3O2. The van der Waals surface area contributed by atoms with Crippen LogP contribution in [0.25, 0.3) is 0 Å². The summed E-state index contributed by atoms with van der Waals surface area (Å²) < 4.78 is 44.1. The number of benzene rings is 1. The average Bonchev–Trinajstić information content (AvgIpc) is 2.59. The van der Waals surface area contributed by atoms with E-state index in [1.54, 1.807) is 6.92 Å². The molecule has 1 fully saturated rings. The van der Waals surface area contributed by atoms with E-state index < -0.39 is 17.7 Å². The normalized spacial score (nSPS) is 19.0. The van der Waals surface area contributed by atoms with Gasteiger partial charge >= 0.3 is 12.1 Å². The van der Waals surface area contributed by atoms with E-state index in [-0.39, 0.29) is 24.4 Å². The number of aliphatic imine (C=N–C) groups is 1. The third kappa shape index (κ3) is 4.82. The molecule has 0 amide bonds. The highest BCUT2D eigenvalue weighted by atomic mass is 19.4. The number of carbonyl (C=O) groups is 1. The van der Waals surface area contributed by atoms with Crippen molar-refractivity contribution >= 4 is 11.7 Å². The van der Waals surface area contributed by atoms with E-state index in [0.717, 1.165) is 6.07 Å². The molecule has 25 heavy (non-hydrogen) atoms. The fourth-order valence-electron chi connectivity index (χ4n) is 2.55. The van der Waals surface area contributed by atoms with Gasteiger partial charge in [-0.15, -0.1) is 0 Å². The standard InChI is InChI=1S/C17H20F3N3O2/c1-2-25-16(24)15(21)12-10-22-8-7-14(12)23-9-11-5-3-4-6-13(11)17(18,19)20/h3-6,22H,2,7-10,21H2,1H3. The molecule has 0 unspecified atom stereocenters. The number of hydrogen-bond acceptors (Lipinski definition) is 5. The molecule has 2 rings (SSSR count). The molecule has 0 aromatic heterocycles. The van der Waals surface area contributed by atoms with Crippen LogP contribution in [0.5, 0.6) is 0 Å². The van der Waals surface area contributed by atoms with Gasteiger partial charge in [0.2, 0.25) is 0 Å². The van der Waals surface area contributed by atoms with Crippen LogP contribution in [0, 0.1) is 0 Å². The van der Waals surface area contributed by atoms with Crippen molar-refractivity contribution in [2.45, 2.75) is 26.1 Å². The molecular weight excluding hydrogens is 335 g/mol. The molecule has 3 N–H and O–H groups in total. The van der Waals surface area contributed by atoms with E-state index >= 15 is 0 Å². The van der Waals surface area contributed by atoms with Gasteiger partial charge in [0.15, 0.2) is 0 Å². The van der Waals surface area contributed by atoms with Gasteiger partial charge in [0, 0.05) is 30.8 Å². The predicted octanol–water partition coefficient (Wildman–Crippen LogP) is 2.42. The van der Waals surface area contributed by atoms with E-state index in [0.29, 0.717) is 30.8 Å². The van der Waals surface area contributed by atoms with Crippen molar-refractivity contribution in [2.75, 3.05) is 19.7 Å². The average molecular weight is 355 g/mol. The molecule has 1 aliphatic rings. The number of nitrogens with two attached hydrogens (primary N) is 1. The molecule has 1 aliphatic heterocycles. The molecule has 8 heteroatoms. The minimum Gasteiger partial charge on any atom is -0.461 e. The summed E-state index contributed by atoms with van der Waals surface area (Å²) in [5.41, 5.74) is 6.16. The highest BCUT2D eigenvalue weighted by Gasteiger charge is 2.32. The maximum Gasteiger partial charge on any atom is 0.416 e. The SMILES string of the molecule is CCOC(=O)C(N)=C1CNCCC1=NCc1ccccc1C(F)(F)F. The van der Waals surface area contributed by atoms with Crippen molar-refractivity contribution in [3.63, 3.8) is 0 Å². The molecule has 1 saturated heterocycles. The lowest BCUT2D eigenvalue weighted by Gasteiger charge is -2.20. The molecule has 0 saturated carbocycles. The highest BCUT2D eigenvalue weighted by Crippen LogP contribution is 2.32. The Morgan fingerprint density at radius 3 is 2.76 bits per heavy atom. The first kappa shape index (κ1) is 19.0. The third-order valence-corrected chi connectivity index (χ3v) is 3.77. The van der Waals surface area contributed by atoms with Crippen LogP contribution >= 0.6 is 0 Å². The lowest BCUT2D eigenvalue weighted by Crippen LogP contribution is -2.34. The summed E-state index contributed by atoms with van der Waals surface area (Å²) in [6.07, 6.45) is -3.96. The Bertz CT molecular complexity index is 697. The Morgan fingerprint density at radius 2 is 2.08 bits per heavy atom. The van der Waals surface area contributed by atoms with E-state index in [4.69, 9.17) is 10.5 Å². The maximum absolute atomic E-state index is 13.1. The number of ether oxygens (including phenoxy) is 1. The second kappa shape index (κ2) is 8.15. The van der Waals surface area contributed by atoms with Crippen molar-refractivity contribution < 1.29 is 22.7 Å². The number of nitrogens with zero attached hydrogens (tertiary/aromatic N) is 1. The summed E-state index contributed by atoms with van der Waals surface area (Å²) in [4.78, 5) is 16.1. The number of halogens is 3. The molecule has 136 valence electrons. The lowest BCUT2D eigenvalue weighted by atomic mass is 10.0. The van der Waals surface area contributed by atoms with Crippen molar-refractivity contribution in [2.24, 2.45) is 10.7 Å². The van der Waals surface area contributed by atoms with Gasteiger partial charge in [-0.3, -0.25) is 4.99 Å². The van der Waals surface area contributed by atoms with Crippen LogP contribution in [-0.2, 0) is 22.3 Å². The first-order valence-electron chi connectivity index (χ1n) is 7.89. The quantitative estimate of drug-likeness (QED) is 0.642. The smallest absolute Gasteiger partial charge is 0.416 e. The molecule has 0 spiro atoms. The van der Waals surface area contributed by atoms with Gasteiger partial charge < -0.3 is 15.8 Å². The molecule has 1 aromatic carbocycles. The second-order valence-electron chi connectivity index (χ2n) is 5.46. The van der Waals surface area contributed by atoms with Crippen LogP contribution in [0.15, 0.2) is 40.5 Å². The Morgan fingerprint density at radius 1 is 1.36 bits per heavy atom. The lowest BCUT2D eigenvalue weighted by molar-refractivity contribution is -0.139. The molecule has 1 heterocycles. The highest BCUT2D eigenvalue weighted by molar-refractivity contribution is 6.07. The van der Waals surface area contributed by atoms with E-state index in [1.807, 2.05) is 0 Å². The molecule has 5 nitrogen and oxygen atoms in total. The van der Waals surface area contributed by atoms with Gasteiger partial charge in [0.1, 0.15) is 5.70 Å². The summed E-state index contributed by atoms with van der Waals surface area (Å²) >= 11 is 0. The van der Waals surface area contributed by atoms with Gasteiger partial charge in [-0.2, -0.15) is 13.2 Å². The third-order valence-electron chi connectivity index (χ3n) is 3.77. The summed E-state index contributed by atoms with van der Waals surface area (Å²) in [6.45, 7) is 2.65. The number of carbonyl (C=O) groups excluding carboxylic acids is 1. The summed E-state index contributed by atoms with van der Waals surface area (Å²) in [6, 6.07) is 5.30. The molecule has 1 aromatic rings. The molecule has 0 atom stereocenters. The number of nitrogens with one attached hydrogen (secondary N) is 1. The second-order valence-corrected chi connectivity index (χ2v) is 5.46. The van der Waals surface area contributed by atoms with Crippen LogP contribution in [0.1, 0.15) is 24.5 Å². The Labute approximate surface area is 143 Å². The first-order valence-corrected chi connectivity index (χ1v) is 7.89. The van der Waals surface area contributed by atoms with E-state index in [2.05, 4.69) is 10.3 Å². The monoisotopic (exact) mass is 355 g/mol. The first-order chi connectivity index (χ1) is 11.8. The van der Waals surface area contributed by atoms with Gasteiger partial charge in [0.05, 0.1) is 18.7 Å². The van der Waals surface area contributed by atoms with E-state index in [1.165, 1.54) is 18.2 Å². The number of esters is 1. The summed E-state index contributed by atoms with van der Waals surface area (Å²) in [5, 5.41) is 3.07. The van der Waals surface area contributed by atoms with Crippen LogP contribution < -0.4 is 11.1 Å². The Kier molecular flexibility index (Phi) is 6.19. The maximum atomic E-state index is 13.1.